The number of carbonyl (C=O) groups is 5. The van der Waals surface area contributed by atoms with Gasteiger partial charge in [0, 0.05) is 38.8 Å². The van der Waals surface area contributed by atoms with Gasteiger partial charge in [-0.3, -0.25) is 24.2 Å². The molecule has 1 saturated heterocycles. The van der Waals surface area contributed by atoms with E-state index in [0.717, 1.165) is 26.3 Å². The number of rotatable bonds is 14. The molecule has 13 heteroatoms. The van der Waals surface area contributed by atoms with Crippen molar-refractivity contribution in [2.45, 2.75) is 71.0 Å². The Kier molecular flexibility index (Phi) is 13.8. The fourth-order valence-electron chi connectivity index (χ4n) is 5.16. The fourth-order valence-corrected chi connectivity index (χ4v) is 5.16. The molecule has 0 amide bonds. The molecule has 1 aliphatic rings. The minimum absolute atomic E-state index is 0.0449. The summed E-state index contributed by atoms with van der Waals surface area (Å²) in [7, 11) is 0. The van der Waals surface area contributed by atoms with Crippen LogP contribution >= 0.6 is 0 Å². The molecule has 0 aromatic heterocycles. The Morgan fingerprint density at radius 1 is 0.640 bits per heavy atom. The smallest absolute Gasteiger partial charge is 0.333 e. The van der Waals surface area contributed by atoms with Crippen molar-refractivity contribution < 1.29 is 57.1 Å². The molecule has 3 aromatic carbocycles. The van der Waals surface area contributed by atoms with E-state index >= 15 is 0 Å². The van der Waals surface area contributed by atoms with Crippen molar-refractivity contribution in [1.29, 1.82) is 0 Å². The molecule has 264 valence electrons. The minimum atomic E-state index is -1.52. The Morgan fingerprint density at radius 3 is 1.66 bits per heavy atom. The van der Waals surface area contributed by atoms with Crippen molar-refractivity contribution in [3.63, 3.8) is 0 Å². The van der Waals surface area contributed by atoms with Crippen LogP contribution in [-0.2, 0) is 63.7 Å². The highest BCUT2D eigenvalue weighted by atomic mass is 16.7. The molecule has 0 bridgehead atoms. The van der Waals surface area contributed by atoms with Crippen LogP contribution in [0.2, 0.25) is 0 Å². The van der Waals surface area contributed by atoms with Crippen LogP contribution in [0.5, 0.6) is 0 Å². The molecule has 0 N–H and O–H groups in total. The van der Waals surface area contributed by atoms with Gasteiger partial charge < -0.3 is 33.2 Å². The lowest BCUT2D eigenvalue weighted by molar-refractivity contribution is -0.308. The van der Waals surface area contributed by atoms with Crippen LogP contribution in [0, 0.1) is 0 Å². The predicted molar refractivity (Wildman–Crippen MR) is 176 cm³/mol. The Hall–Kier alpha value is -5.40. The van der Waals surface area contributed by atoms with Crippen molar-refractivity contribution in [2.75, 3.05) is 13.2 Å². The Morgan fingerprint density at radius 2 is 1.14 bits per heavy atom. The second-order valence-corrected chi connectivity index (χ2v) is 11.2. The highest BCUT2D eigenvalue weighted by Gasteiger charge is 2.53. The van der Waals surface area contributed by atoms with E-state index < -0.39 is 79.8 Å². The second kappa shape index (κ2) is 18.4. The summed E-state index contributed by atoms with van der Waals surface area (Å²) in [6.45, 7) is 3.57. The average molecular weight is 690 g/mol. The summed E-state index contributed by atoms with van der Waals surface area (Å²) in [5.41, 5.74) is 2.65. The van der Waals surface area contributed by atoms with E-state index in [1.54, 1.807) is 12.1 Å². The summed E-state index contributed by atoms with van der Waals surface area (Å²) in [4.78, 5) is 66.9. The Balaban J connectivity index is 1.73. The van der Waals surface area contributed by atoms with Crippen LogP contribution in [0.15, 0.2) is 96.0 Å². The molecule has 1 aliphatic heterocycles. The predicted octanol–water partition coefficient (Wildman–Crippen LogP) is 3.74. The maximum Gasteiger partial charge on any atom is 0.333 e. The van der Waals surface area contributed by atoms with Gasteiger partial charge in [-0.05, 0) is 5.56 Å². The lowest BCUT2D eigenvalue weighted by Gasteiger charge is -2.44. The molecule has 0 unspecified atom stereocenters. The molecule has 3 aromatic rings. The molecule has 0 saturated carbocycles. The van der Waals surface area contributed by atoms with Crippen molar-refractivity contribution in [2.24, 2.45) is 4.99 Å². The quantitative estimate of drug-likeness (QED) is 0.137. The summed E-state index contributed by atoms with van der Waals surface area (Å²) >= 11 is 0. The molecule has 1 heterocycles. The lowest BCUT2D eigenvalue weighted by Crippen LogP contribution is -2.63. The average Bonchev–Trinajstić information content (AvgIpc) is 3.09. The molecule has 1 fully saturated rings. The van der Waals surface area contributed by atoms with Gasteiger partial charge >= 0.3 is 29.8 Å². The van der Waals surface area contributed by atoms with Gasteiger partial charge in [-0.2, -0.15) is 0 Å². The third-order valence-corrected chi connectivity index (χ3v) is 7.24. The van der Waals surface area contributed by atoms with E-state index in [0.29, 0.717) is 16.8 Å². The zero-order chi connectivity index (χ0) is 36.0. The summed E-state index contributed by atoms with van der Waals surface area (Å²) < 4.78 is 39.4. The van der Waals surface area contributed by atoms with Gasteiger partial charge in [-0.25, -0.2) is 4.79 Å². The van der Waals surface area contributed by atoms with E-state index in [9.17, 15) is 24.0 Å². The number of aliphatic imine (C=N–C) groups is 1. The van der Waals surface area contributed by atoms with Crippen molar-refractivity contribution in [3.05, 3.63) is 108 Å². The minimum Gasteiger partial charge on any atom is -0.463 e. The van der Waals surface area contributed by atoms with Crippen LogP contribution in [-0.4, -0.2) is 85.5 Å². The molecular weight excluding hydrogens is 650 g/mol. The first-order valence-corrected chi connectivity index (χ1v) is 15.8. The van der Waals surface area contributed by atoms with Crippen molar-refractivity contribution in [1.82, 2.24) is 0 Å². The second-order valence-electron chi connectivity index (χ2n) is 11.2. The third kappa shape index (κ3) is 11.1. The molecular formula is C37H39NO12. The van der Waals surface area contributed by atoms with Crippen LogP contribution in [0.4, 0.5) is 0 Å². The maximum absolute atomic E-state index is 13.8. The first-order valence-electron chi connectivity index (χ1n) is 15.8. The maximum atomic E-state index is 13.8. The normalized spacial score (nSPS) is 20.4. The van der Waals surface area contributed by atoms with E-state index in [-0.39, 0.29) is 6.61 Å². The Bertz CT molecular complexity index is 1590. The number of carbonyl (C=O) groups excluding carboxylic acids is 5. The largest absolute Gasteiger partial charge is 0.463 e. The van der Waals surface area contributed by atoms with Gasteiger partial charge in [-0.1, -0.05) is 91.0 Å². The molecule has 0 aliphatic carbocycles. The number of hydrogen-bond donors (Lipinski definition) is 0. The topological polar surface area (TPSA) is 162 Å². The van der Waals surface area contributed by atoms with E-state index in [1.165, 1.54) is 6.92 Å². The molecule has 13 nitrogen and oxygen atoms in total. The Labute approximate surface area is 289 Å². The van der Waals surface area contributed by atoms with Crippen molar-refractivity contribution >= 4 is 35.6 Å². The molecule has 50 heavy (non-hydrogen) atoms. The van der Waals surface area contributed by atoms with Gasteiger partial charge in [-0.15, -0.1) is 0 Å². The van der Waals surface area contributed by atoms with E-state index in [2.05, 4.69) is 0 Å². The summed E-state index contributed by atoms with van der Waals surface area (Å²) in [5, 5.41) is 0. The number of nitrogens with zero attached hydrogens (tertiary/aromatic N) is 1. The van der Waals surface area contributed by atoms with Crippen LogP contribution in [0.25, 0.3) is 0 Å². The number of benzene rings is 3. The molecule has 6 atom stereocenters. The third-order valence-electron chi connectivity index (χ3n) is 7.24. The zero-order valence-corrected chi connectivity index (χ0v) is 28.1. The van der Waals surface area contributed by atoms with Gasteiger partial charge in [0.2, 0.25) is 0 Å². The van der Waals surface area contributed by atoms with Crippen LogP contribution < -0.4 is 0 Å². The highest BCUT2D eigenvalue weighted by Crippen LogP contribution is 2.30. The monoisotopic (exact) mass is 689 g/mol. The first kappa shape index (κ1) is 37.4. The van der Waals surface area contributed by atoms with Gasteiger partial charge in [0.25, 0.3) is 0 Å². The standard InChI is InChI=1S/C37H39NO12/c1-23(39)44-22-31-33(47-24(2)40)34(48-25(3)41)35(49-26(4)42)37(50-31)46-21-30(36(43)45-20-27-14-8-5-9-15-27)38-32(28-16-10-6-11-17-28)29-18-12-7-13-19-29/h5-19,30-31,33-35,37H,20-22H2,1-4H3/t30-,31+,33+,34-,35-,37-/m0/s1. The van der Waals surface area contributed by atoms with Gasteiger partial charge in [0.05, 0.1) is 12.3 Å². The number of hydrogen-bond acceptors (Lipinski definition) is 13. The summed E-state index contributed by atoms with van der Waals surface area (Å²) in [6.07, 6.45) is -7.06. The van der Waals surface area contributed by atoms with Gasteiger partial charge in [0.15, 0.2) is 30.6 Å². The highest BCUT2D eigenvalue weighted by molar-refractivity contribution is 6.13. The van der Waals surface area contributed by atoms with E-state index in [4.69, 9.17) is 38.2 Å². The SMILES string of the molecule is CC(=O)OC[C@H]1O[C@H](OC[C@H](N=C(c2ccccc2)c2ccccc2)C(=O)OCc2ccccc2)[C@@H](OC(C)=O)[C@@H](OC(C)=O)[C@@H]1OC(C)=O. The summed E-state index contributed by atoms with van der Waals surface area (Å²) in [6, 6.07) is 26.2. The number of ether oxygens (including phenoxy) is 7. The zero-order valence-electron chi connectivity index (χ0n) is 28.1. The first-order chi connectivity index (χ1) is 24.0. The van der Waals surface area contributed by atoms with Gasteiger partial charge in [0.1, 0.15) is 19.3 Å². The van der Waals surface area contributed by atoms with Crippen molar-refractivity contribution in [3.8, 4) is 0 Å². The molecule has 0 spiro atoms. The fraction of sp³-hybridized carbons (Fsp3) is 0.351. The van der Waals surface area contributed by atoms with Crippen LogP contribution in [0.1, 0.15) is 44.4 Å². The molecule has 0 radical (unpaired) electrons. The van der Waals surface area contributed by atoms with E-state index in [1.807, 2.05) is 78.9 Å². The molecule has 4 rings (SSSR count). The lowest BCUT2D eigenvalue weighted by atomic mass is 9.98. The van der Waals surface area contributed by atoms with Crippen LogP contribution in [0.3, 0.4) is 0 Å². The summed E-state index contributed by atoms with van der Waals surface area (Å²) in [5.74, 6) is -3.75. The number of esters is 5.